The average molecular weight is 262 g/mol. The van der Waals surface area contributed by atoms with E-state index in [1.165, 1.54) is 12.8 Å². The molecule has 1 aromatic carbocycles. The van der Waals surface area contributed by atoms with Crippen LogP contribution in [-0.2, 0) is 9.53 Å². The average Bonchev–Trinajstić information content (AvgIpc) is 3.17. The molecule has 4 heteroatoms. The molecule has 3 N–H and O–H groups in total. The Balaban J connectivity index is 1.66. The fraction of sp³-hybridized carbons (Fsp3) is 0.533. The zero-order chi connectivity index (χ0) is 13.7. The number of anilines is 2. The van der Waals surface area contributed by atoms with Gasteiger partial charge in [-0.2, -0.15) is 0 Å². The maximum absolute atomic E-state index is 11.8. The summed E-state index contributed by atoms with van der Waals surface area (Å²) < 4.78 is 5.50. The fourth-order valence-corrected chi connectivity index (χ4v) is 1.86. The van der Waals surface area contributed by atoms with E-state index in [2.05, 4.69) is 5.32 Å². The van der Waals surface area contributed by atoms with Gasteiger partial charge in [0.15, 0.2) is 0 Å². The molecule has 0 heterocycles. The van der Waals surface area contributed by atoms with Gasteiger partial charge in [-0.15, -0.1) is 0 Å². The van der Waals surface area contributed by atoms with Gasteiger partial charge < -0.3 is 15.8 Å². The van der Waals surface area contributed by atoms with Crippen molar-refractivity contribution < 1.29 is 9.53 Å². The SMILES string of the molecule is Cc1ccc(N)cc1NC(=O)CCCOCC1CC1. The molecule has 0 spiro atoms. The molecule has 1 amide bonds. The van der Waals surface area contributed by atoms with Crippen LogP contribution in [-0.4, -0.2) is 19.1 Å². The lowest BCUT2D eigenvalue weighted by Crippen LogP contribution is -2.13. The van der Waals surface area contributed by atoms with Crippen LogP contribution in [0.5, 0.6) is 0 Å². The summed E-state index contributed by atoms with van der Waals surface area (Å²) in [5, 5.41) is 2.89. The number of rotatable bonds is 7. The van der Waals surface area contributed by atoms with Gasteiger partial charge >= 0.3 is 0 Å². The predicted molar refractivity (Wildman–Crippen MR) is 77.0 cm³/mol. The molecule has 0 atom stereocenters. The second kappa shape index (κ2) is 6.57. The van der Waals surface area contributed by atoms with Gasteiger partial charge in [-0.1, -0.05) is 6.07 Å². The van der Waals surface area contributed by atoms with E-state index in [0.29, 0.717) is 18.7 Å². The minimum Gasteiger partial charge on any atom is -0.399 e. The number of amides is 1. The Labute approximate surface area is 114 Å². The maximum atomic E-state index is 11.8. The quantitative estimate of drug-likeness (QED) is 0.586. The van der Waals surface area contributed by atoms with Gasteiger partial charge in [0, 0.05) is 31.0 Å². The minimum absolute atomic E-state index is 0.0173. The number of ether oxygens (including phenoxy) is 1. The van der Waals surface area contributed by atoms with Gasteiger partial charge in [0.25, 0.3) is 0 Å². The van der Waals surface area contributed by atoms with Crippen molar-refractivity contribution in [2.75, 3.05) is 24.3 Å². The molecule has 0 bridgehead atoms. The Morgan fingerprint density at radius 1 is 1.47 bits per heavy atom. The van der Waals surface area contributed by atoms with Crippen molar-refractivity contribution in [3.8, 4) is 0 Å². The van der Waals surface area contributed by atoms with Crippen molar-refractivity contribution in [2.45, 2.75) is 32.6 Å². The highest BCUT2D eigenvalue weighted by Crippen LogP contribution is 2.28. The molecule has 0 saturated heterocycles. The fourth-order valence-electron chi connectivity index (χ4n) is 1.86. The third-order valence-corrected chi connectivity index (χ3v) is 3.28. The lowest BCUT2D eigenvalue weighted by molar-refractivity contribution is -0.116. The number of nitrogens with one attached hydrogen (secondary N) is 1. The number of carbonyl (C=O) groups is 1. The van der Waals surface area contributed by atoms with Crippen LogP contribution in [0.3, 0.4) is 0 Å². The molecule has 0 aromatic heterocycles. The Bertz CT molecular complexity index is 442. The van der Waals surface area contributed by atoms with Crippen LogP contribution in [0, 0.1) is 12.8 Å². The van der Waals surface area contributed by atoms with Crippen LogP contribution >= 0.6 is 0 Å². The second-order valence-electron chi connectivity index (χ2n) is 5.24. The molecule has 1 aliphatic rings. The van der Waals surface area contributed by atoms with E-state index in [4.69, 9.17) is 10.5 Å². The Morgan fingerprint density at radius 2 is 2.26 bits per heavy atom. The first-order valence-electron chi connectivity index (χ1n) is 6.89. The van der Waals surface area contributed by atoms with Crippen LogP contribution < -0.4 is 11.1 Å². The highest BCUT2D eigenvalue weighted by Gasteiger charge is 2.20. The standard InChI is InChI=1S/C15H22N2O2/c1-11-4-7-13(16)9-14(11)17-15(18)3-2-8-19-10-12-5-6-12/h4,7,9,12H,2-3,5-6,8,10,16H2,1H3,(H,17,18). The Morgan fingerprint density at radius 3 is 3.00 bits per heavy atom. The summed E-state index contributed by atoms with van der Waals surface area (Å²) in [6.45, 7) is 3.48. The van der Waals surface area contributed by atoms with Crippen molar-refractivity contribution in [1.82, 2.24) is 0 Å². The number of nitrogen functional groups attached to an aromatic ring is 1. The number of hydrogen-bond acceptors (Lipinski definition) is 3. The number of nitrogens with two attached hydrogens (primary N) is 1. The predicted octanol–water partition coefficient (Wildman–Crippen LogP) is 2.72. The van der Waals surface area contributed by atoms with Crippen LogP contribution in [0.25, 0.3) is 0 Å². The van der Waals surface area contributed by atoms with Crippen molar-refractivity contribution in [3.63, 3.8) is 0 Å². The number of carbonyl (C=O) groups excluding carboxylic acids is 1. The first kappa shape index (κ1) is 13.9. The lowest BCUT2D eigenvalue weighted by atomic mass is 10.1. The number of aryl methyl sites for hydroxylation is 1. The monoisotopic (exact) mass is 262 g/mol. The second-order valence-corrected chi connectivity index (χ2v) is 5.24. The van der Waals surface area contributed by atoms with E-state index >= 15 is 0 Å². The third-order valence-electron chi connectivity index (χ3n) is 3.28. The van der Waals surface area contributed by atoms with Crippen LogP contribution in [0.2, 0.25) is 0 Å². The lowest BCUT2D eigenvalue weighted by Gasteiger charge is -2.09. The zero-order valence-corrected chi connectivity index (χ0v) is 11.4. The molecule has 2 rings (SSSR count). The number of hydrogen-bond donors (Lipinski definition) is 2. The first-order valence-corrected chi connectivity index (χ1v) is 6.89. The zero-order valence-electron chi connectivity index (χ0n) is 11.4. The molecule has 0 radical (unpaired) electrons. The van der Waals surface area contributed by atoms with E-state index in [1.54, 1.807) is 6.07 Å². The molecule has 1 saturated carbocycles. The Hall–Kier alpha value is -1.55. The van der Waals surface area contributed by atoms with Crippen molar-refractivity contribution in [3.05, 3.63) is 23.8 Å². The normalized spacial score (nSPS) is 14.4. The molecular weight excluding hydrogens is 240 g/mol. The molecular formula is C15H22N2O2. The summed E-state index contributed by atoms with van der Waals surface area (Å²) in [5.41, 5.74) is 8.18. The van der Waals surface area contributed by atoms with E-state index < -0.39 is 0 Å². The molecule has 19 heavy (non-hydrogen) atoms. The van der Waals surface area contributed by atoms with Gasteiger partial charge in [-0.3, -0.25) is 4.79 Å². The van der Waals surface area contributed by atoms with Crippen LogP contribution in [0.4, 0.5) is 11.4 Å². The van der Waals surface area contributed by atoms with Gasteiger partial charge in [0.1, 0.15) is 0 Å². The Kier molecular flexibility index (Phi) is 4.80. The highest BCUT2D eigenvalue weighted by atomic mass is 16.5. The highest BCUT2D eigenvalue weighted by molar-refractivity contribution is 5.91. The topological polar surface area (TPSA) is 64.3 Å². The van der Waals surface area contributed by atoms with Crippen molar-refractivity contribution in [1.29, 1.82) is 0 Å². The van der Waals surface area contributed by atoms with E-state index in [0.717, 1.165) is 30.2 Å². The van der Waals surface area contributed by atoms with E-state index in [-0.39, 0.29) is 5.91 Å². The summed E-state index contributed by atoms with van der Waals surface area (Å²) in [5.74, 6) is 0.799. The molecule has 1 aromatic rings. The van der Waals surface area contributed by atoms with E-state index in [9.17, 15) is 4.79 Å². The van der Waals surface area contributed by atoms with Gasteiger partial charge in [0.2, 0.25) is 5.91 Å². The van der Waals surface area contributed by atoms with Crippen molar-refractivity contribution in [2.24, 2.45) is 5.92 Å². The molecule has 4 nitrogen and oxygen atoms in total. The first-order chi connectivity index (χ1) is 9.15. The molecule has 0 aliphatic heterocycles. The minimum atomic E-state index is 0.0173. The number of benzene rings is 1. The van der Waals surface area contributed by atoms with Crippen LogP contribution in [0.15, 0.2) is 18.2 Å². The van der Waals surface area contributed by atoms with Crippen molar-refractivity contribution >= 4 is 17.3 Å². The van der Waals surface area contributed by atoms with Crippen LogP contribution in [0.1, 0.15) is 31.2 Å². The van der Waals surface area contributed by atoms with Gasteiger partial charge in [-0.25, -0.2) is 0 Å². The molecule has 104 valence electrons. The van der Waals surface area contributed by atoms with Gasteiger partial charge in [0.05, 0.1) is 0 Å². The summed E-state index contributed by atoms with van der Waals surface area (Å²) in [4.78, 5) is 11.8. The summed E-state index contributed by atoms with van der Waals surface area (Å²) >= 11 is 0. The molecule has 1 fully saturated rings. The smallest absolute Gasteiger partial charge is 0.224 e. The summed E-state index contributed by atoms with van der Waals surface area (Å²) in [7, 11) is 0. The molecule has 1 aliphatic carbocycles. The molecule has 0 unspecified atom stereocenters. The maximum Gasteiger partial charge on any atom is 0.224 e. The van der Waals surface area contributed by atoms with E-state index in [1.807, 2.05) is 19.1 Å². The van der Waals surface area contributed by atoms with Gasteiger partial charge in [-0.05, 0) is 49.8 Å². The third kappa shape index (κ3) is 4.91. The summed E-state index contributed by atoms with van der Waals surface area (Å²) in [6, 6.07) is 5.53. The largest absolute Gasteiger partial charge is 0.399 e. The summed E-state index contributed by atoms with van der Waals surface area (Å²) in [6.07, 6.45) is 3.85.